The molecular formula is C17H24FNO2. The molecule has 1 N–H and O–H groups in total. The Morgan fingerprint density at radius 2 is 2.05 bits per heavy atom. The van der Waals surface area contributed by atoms with Gasteiger partial charge in [0.25, 0.3) is 0 Å². The largest absolute Gasteiger partial charge is 0.456 e. The Hall–Kier alpha value is -1.39. The fourth-order valence-electron chi connectivity index (χ4n) is 2.67. The van der Waals surface area contributed by atoms with Crippen LogP contribution in [-0.4, -0.2) is 19.8 Å². The monoisotopic (exact) mass is 293 g/mol. The van der Waals surface area contributed by atoms with Crippen LogP contribution >= 0.6 is 0 Å². The van der Waals surface area contributed by atoms with Crippen molar-refractivity contribution >= 4 is 11.0 Å². The number of benzene rings is 1. The molecule has 2 rings (SSSR count). The van der Waals surface area contributed by atoms with E-state index in [0.29, 0.717) is 18.0 Å². The molecule has 1 heterocycles. The molecule has 21 heavy (non-hydrogen) atoms. The summed E-state index contributed by atoms with van der Waals surface area (Å²) in [5.41, 5.74) is 0.234. The Kier molecular flexibility index (Phi) is 4.69. The number of fused-ring (bicyclic) bond motifs is 1. The Bertz CT molecular complexity index is 600. The lowest BCUT2D eigenvalue weighted by Crippen LogP contribution is -2.40. The van der Waals surface area contributed by atoms with Crippen LogP contribution in [0, 0.1) is 11.2 Å². The molecule has 0 spiro atoms. The van der Waals surface area contributed by atoms with Crippen molar-refractivity contribution in [2.24, 2.45) is 5.41 Å². The Morgan fingerprint density at radius 1 is 1.33 bits per heavy atom. The summed E-state index contributed by atoms with van der Waals surface area (Å²) in [7, 11) is 1.87. The van der Waals surface area contributed by atoms with Gasteiger partial charge in [0.1, 0.15) is 5.76 Å². The minimum Gasteiger partial charge on any atom is -0.456 e. The van der Waals surface area contributed by atoms with Crippen molar-refractivity contribution in [3.8, 4) is 0 Å². The van der Waals surface area contributed by atoms with Gasteiger partial charge in [-0.3, -0.25) is 0 Å². The van der Waals surface area contributed by atoms with Gasteiger partial charge in [0.15, 0.2) is 11.4 Å². The summed E-state index contributed by atoms with van der Waals surface area (Å²) in [6, 6.07) is 6.71. The van der Waals surface area contributed by atoms with Crippen LogP contribution in [0.15, 0.2) is 28.7 Å². The standard InChI is InChI=1S/C17H24FNO2/c1-6-20-16(17(2,3)4)14(19-5)13-10-11-8-7-9-12(18)15(11)21-13/h7-10,14,16,19H,6H2,1-5H3. The Morgan fingerprint density at radius 3 is 2.57 bits per heavy atom. The van der Waals surface area contributed by atoms with E-state index >= 15 is 0 Å². The molecule has 1 aromatic heterocycles. The van der Waals surface area contributed by atoms with E-state index in [0.717, 1.165) is 5.39 Å². The minimum atomic E-state index is -0.336. The third-order valence-corrected chi connectivity index (χ3v) is 3.64. The van der Waals surface area contributed by atoms with Crippen LogP contribution in [0.25, 0.3) is 11.0 Å². The zero-order valence-corrected chi connectivity index (χ0v) is 13.4. The van der Waals surface area contributed by atoms with Crippen molar-refractivity contribution in [1.82, 2.24) is 5.32 Å². The third kappa shape index (κ3) is 3.27. The van der Waals surface area contributed by atoms with Gasteiger partial charge in [-0.2, -0.15) is 0 Å². The molecule has 0 bridgehead atoms. The average molecular weight is 293 g/mol. The molecule has 4 heteroatoms. The summed E-state index contributed by atoms with van der Waals surface area (Å²) in [6.45, 7) is 8.97. The van der Waals surface area contributed by atoms with E-state index in [2.05, 4.69) is 26.1 Å². The van der Waals surface area contributed by atoms with E-state index in [-0.39, 0.29) is 23.4 Å². The van der Waals surface area contributed by atoms with Crippen LogP contribution in [0.3, 0.4) is 0 Å². The molecule has 0 fully saturated rings. The maximum atomic E-state index is 13.8. The normalized spacial score (nSPS) is 15.3. The van der Waals surface area contributed by atoms with Gasteiger partial charge in [-0.1, -0.05) is 32.9 Å². The average Bonchev–Trinajstić information content (AvgIpc) is 2.83. The number of furan rings is 1. The minimum absolute atomic E-state index is 0.0682. The van der Waals surface area contributed by atoms with E-state index in [1.165, 1.54) is 6.07 Å². The van der Waals surface area contributed by atoms with Crippen molar-refractivity contribution in [1.29, 1.82) is 0 Å². The molecule has 0 amide bonds. The highest BCUT2D eigenvalue weighted by atomic mass is 19.1. The van der Waals surface area contributed by atoms with Crippen molar-refractivity contribution in [2.45, 2.75) is 39.8 Å². The summed E-state index contributed by atoms with van der Waals surface area (Å²) in [5.74, 6) is 0.364. The molecule has 2 atom stereocenters. The second-order valence-electron chi connectivity index (χ2n) is 6.32. The summed E-state index contributed by atoms with van der Waals surface area (Å²) in [4.78, 5) is 0. The van der Waals surface area contributed by atoms with Crippen molar-refractivity contribution in [3.05, 3.63) is 35.8 Å². The highest BCUT2D eigenvalue weighted by Gasteiger charge is 2.35. The van der Waals surface area contributed by atoms with E-state index in [1.54, 1.807) is 6.07 Å². The lowest BCUT2D eigenvalue weighted by molar-refractivity contribution is -0.0390. The quantitative estimate of drug-likeness (QED) is 0.893. The zero-order valence-electron chi connectivity index (χ0n) is 13.4. The lowest BCUT2D eigenvalue weighted by Gasteiger charge is -2.35. The van der Waals surface area contributed by atoms with Crippen molar-refractivity contribution in [2.75, 3.05) is 13.7 Å². The highest BCUT2D eigenvalue weighted by molar-refractivity contribution is 5.78. The first kappa shape index (κ1) is 16.0. The van der Waals surface area contributed by atoms with Crippen LogP contribution in [0.4, 0.5) is 4.39 Å². The molecule has 2 aromatic rings. The van der Waals surface area contributed by atoms with Crippen LogP contribution in [0.5, 0.6) is 0 Å². The number of ether oxygens (including phenoxy) is 1. The van der Waals surface area contributed by atoms with Crippen LogP contribution < -0.4 is 5.32 Å². The lowest BCUT2D eigenvalue weighted by atomic mass is 9.83. The molecule has 2 unspecified atom stereocenters. The van der Waals surface area contributed by atoms with Gasteiger partial charge in [-0.15, -0.1) is 0 Å². The van der Waals surface area contributed by atoms with Crippen LogP contribution in [0.2, 0.25) is 0 Å². The number of para-hydroxylation sites is 1. The summed E-state index contributed by atoms with van der Waals surface area (Å²) in [6.07, 6.45) is -0.0730. The first-order valence-corrected chi connectivity index (χ1v) is 7.35. The molecule has 0 aliphatic rings. The summed E-state index contributed by atoms with van der Waals surface area (Å²) < 4.78 is 25.5. The molecule has 3 nitrogen and oxygen atoms in total. The topological polar surface area (TPSA) is 34.4 Å². The number of rotatable bonds is 5. The first-order chi connectivity index (χ1) is 9.88. The van der Waals surface area contributed by atoms with Crippen molar-refractivity contribution in [3.63, 3.8) is 0 Å². The van der Waals surface area contributed by atoms with Gasteiger partial charge in [0.05, 0.1) is 12.1 Å². The van der Waals surface area contributed by atoms with E-state index in [1.807, 2.05) is 26.1 Å². The number of hydrogen-bond donors (Lipinski definition) is 1. The molecule has 0 radical (unpaired) electrons. The number of likely N-dealkylation sites (N-methyl/N-ethyl adjacent to an activating group) is 1. The molecule has 0 saturated heterocycles. The van der Waals surface area contributed by atoms with Crippen LogP contribution in [0.1, 0.15) is 39.5 Å². The summed E-state index contributed by atoms with van der Waals surface area (Å²) >= 11 is 0. The molecule has 1 aromatic carbocycles. The molecular weight excluding hydrogens is 269 g/mol. The van der Waals surface area contributed by atoms with Gasteiger partial charge in [0, 0.05) is 12.0 Å². The number of halogens is 1. The third-order valence-electron chi connectivity index (χ3n) is 3.64. The van der Waals surface area contributed by atoms with Gasteiger partial charge >= 0.3 is 0 Å². The fraction of sp³-hybridized carbons (Fsp3) is 0.529. The Labute approximate surface area is 125 Å². The maximum Gasteiger partial charge on any atom is 0.169 e. The zero-order chi connectivity index (χ0) is 15.6. The first-order valence-electron chi connectivity index (χ1n) is 7.35. The van der Waals surface area contributed by atoms with E-state index < -0.39 is 0 Å². The SMILES string of the molecule is CCOC(C(NC)c1cc2cccc(F)c2o1)C(C)(C)C. The maximum absolute atomic E-state index is 13.8. The van der Waals surface area contributed by atoms with Gasteiger partial charge in [0.2, 0.25) is 0 Å². The molecule has 0 aliphatic heterocycles. The molecule has 0 saturated carbocycles. The smallest absolute Gasteiger partial charge is 0.169 e. The van der Waals surface area contributed by atoms with Gasteiger partial charge < -0.3 is 14.5 Å². The van der Waals surface area contributed by atoms with E-state index in [4.69, 9.17) is 9.15 Å². The highest BCUT2D eigenvalue weighted by Crippen LogP contribution is 2.35. The number of nitrogens with one attached hydrogen (secondary N) is 1. The van der Waals surface area contributed by atoms with Crippen LogP contribution in [-0.2, 0) is 4.74 Å². The molecule has 0 aliphatic carbocycles. The predicted octanol–water partition coefficient (Wildman–Crippen LogP) is 4.28. The number of hydrogen-bond acceptors (Lipinski definition) is 3. The second kappa shape index (κ2) is 6.16. The second-order valence-corrected chi connectivity index (χ2v) is 6.32. The predicted molar refractivity (Wildman–Crippen MR) is 82.8 cm³/mol. The Balaban J connectivity index is 2.44. The van der Waals surface area contributed by atoms with E-state index in [9.17, 15) is 4.39 Å². The fourth-order valence-corrected chi connectivity index (χ4v) is 2.67. The van der Waals surface area contributed by atoms with Gasteiger partial charge in [-0.05, 0) is 31.5 Å². The molecule has 116 valence electrons. The van der Waals surface area contributed by atoms with Gasteiger partial charge in [-0.25, -0.2) is 4.39 Å². The van der Waals surface area contributed by atoms with Crippen molar-refractivity contribution < 1.29 is 13.5 Å². The summed E-state index contributed by atoms with van der Waals surface area (Å²) in [5, 5.41) is 4.02.